The minimum absolute atomic E-state index is 0.00968. The summed E-state index contributed by atoms with van der Waals surface area (Å²) in [6.07, 6.45) is 0. The van der Waals surface area contributed by atoms with Gasteiger partial charge in [-0.25, -0.2) is 9.00 Å². The van der Waals surface area contributed by atoms with Crippen LogP contribution in [0.1, 0.15) is 5.56 Å². The number of β-lactam (4-membered cyclic amide) rings is 1. The lowest BCUT2D eigenvalue weighted by molar-refractivity contribution is -0.191. The van der Waals surface area contributed by atoms with Gasteiger partial charge < -0.3 is 15.2 Å². The zero-order valence-corrected chi connectivity index (χ0v) is 20.2. The fourth-order valence-corrected chi connectivity index (χ4v) is 6.89. The van der Waals surface area contributed by atoms with Gasteiger partial charge in [0.25, 0.3) is 17.5 Å². The van der Waals surface area contributed by atoms with Gasteiger partial charge in [0.15, 0.2) is 4.34 Å². The highest BCUT2D eigenvalue weighted by atomic mass is 32.2. The largest absolute Gasteiger partial charge is 0.477 e. The highest BCUT2D eigenvalue weighted by molar-refractivity contribution is 8.01. The van der Waals surface area contributed by atoms with Crippen molar-refractivity contribution in [1.29, 1.82) is 0 Å². The minimum Gasteiger partial charge on any atom is -0.477 e. The first-order chi connectivity index (χ1) is 15.9. The van der Waals surface area contributed by atoms with E-state index in [-0.39, 0.29) is 21.8 Å². The number of amides is 2. The Hall–Kier alpha value is -2.52. The molecule has 0 spiro atoms. The van der Waals surface area contributed by atoms with Crippen molar-refractivity contribution in [2.45, 2.75) is 15.4 Å². The van der Waals surface area contributed by atoms with Gasteiger partial charge in [0.05, 0.1) is 0 Å². The molecule has 0 aliphatic carbocycles. The zero-order chi connectivity index (χ0) is 23.6. The number of thioether (sulfide) groups is 2. The van der Waals surface area contributed by atoms with Gasteiger partial charge in [0.1, 0.15) is 32.7 Å². The van der Waals surface area contributed by atoms with Crippen molar-refractivity contribution in [3.63, 3.8) is 0 Å². The summed E-state index contributed by atoms with van der Waals surface area (Å²) in [7, 11) is 1.26. The van der Waals surface area contributed by atoms with Crippen LogP contribution in [-0.2, 0) is 30.4 Å². The average molecular weight is 525 g/mol. The third kappa shape index (κ3) is 4.24. The smallest absolute Gasteiger partial charge is 0.352 e. The van der Waals surface area contributed by atoms with Crippen LogP contribution in [0, 0.1) is 0 Å². The van der Waals surface area contributed by atoms with Crippen LogP contribution in [0.2, 0.25) is 0 Å². The molecule has 0 unspecified atom stereocenters. The fraction of sp³-hybridized carbons (Fsp3) is 0.263. The number of hydrogen-bond acceptors (Lipinski definition) is 10. The number of carbonyl (C=O) groups excluding carboxylic acids is 2. The number of methoxy groups -OCH3 is 1. The number of aromatic nitrogens is 2. The molecule has 14 heteroatoms. The summed E-state index contributed by atoms with van der Waals surface area (Å²) >= 11 is 3.96. The molecule has 2 aromatic rings. The van der Waals surface area contributed by atoms with Crippen molar-refractivity contribution in [2.24, 2.45) is 0 Å². The first-order valence-corrected chi connectivity index (χ1v) is 13.0. The summed E-state index contributed by atoms with van der Waals surface area (Å²) in [6, 6.07) is 8.33. The lowest BCUT2D eigenvalue weighted by atomic mass is 9.97. The van der Waals surface area contributed by atoms with E-state index in [0.717, 1.165) is 4.90 Å². The van der Waals surface area contributed by atoms with Gasteiger partial charge in [-0.1, -0.05) is 53.4 Å². The minimum atomic E-state index is -1.78. The number of carboxylic acids is 1. The Balaban J connectivity index is 1.58. The summed E-state index contributed by atoms with van der Waals surface area (Å²) in [6.45, 7) is 0. The van der Waals surface area contributed by atoms with Crippen LogP contribution in [0.5, 0.6) is 0 Å². The predicted octanol–water partition coefficient (Wildman–Crippen LogP) is 0.777. The number of aliphatic carboxylic acids is 1. The summed E-state index contributed by atoms with van der Waals surface area (Å²) in [5.74, 6) is -2.09. The number of carboxylic acid groups (broad SMARTS) is 1. The number of nitrogens with zero attached hydrogens (tertiary/aromatic N) is 3. The molecule has 33 heavy (non-hydrogen) atoms. The molecule has 2 atom stereocenters. The molecule has 1 saturated heterocycles. The maximum Gasteiger partial charge on any atom is 0.352 e. The summed E-state index contributed by atoms with van der Waals surface area (Å²) in [5, 5.41) is 19.3. The molecule has 4 rings (SSSR count). The van der Waals surface area contributed by atoms with E-state index in [9.17, 15) is 23.7 Å². The van der Waals surface area contributed by atoms with Crippen LogP contribution < -0.4 is 5.32 Å². The highest BCUT2D eigenvalue weighted by Crippen LogP contribution is 2.47. The molecule has 2 amide bonds. The Bertz CT molecular complexity index is 1180. The molecule has 2 aliphatic heterocycles. The van der Waals surface area contributed by atoms with Gasteiger partial charge >= 0.3 is 5.97 Å². The van der Waals surface area contributed by atoms with Crippen molar-refractivity contribution in [3.05, 3.63) is 52.7 Å². The maximum atomic E-state index is 13.2. The number of rotatable bonds is 8. The van der Waals surface area contributed by atoms with E-state index < -0.39 is 28.9 Å². The quantitative estimate of drug-likeness (QED) is 0.167. The summed E-state index contributed by atoms with van der Waals surface area (Å²) in [4.78, 5) is 39.1. The molecule has 0 bridgehead atoms. The number of fused-ring (bicyclic) bond motifs is 1. The normalized spacial score (nSPS) is 21.8. The second-order valence-electron chi connectivity index (χ2n) is 6.76. The maximum absolute atomic E-state index is 13.2. The van der Waals surface area contributed by atoms with Crippen LogP contribution in [-0.4, -0.2) is 76.8 Å². The first kappa shape index (κ1) is 23.6. The third-order valence-electron chi connectivity index (χ3n) is 4.97. The topological polar surface area (TPSA) is 139 Å². The Labute approximate surface area is 203 Å². The molecule has 10 nitrogen and oxygen atoms in total. The second-order valence-corrected chi connectivity index (χ2v) is 10.5. The summed E-state index contributed by atoms with van der Waals surface area (Å²) in [5.41, 5.74) is 0.628. The molecule has 0 saturated carbocycles. The number of nitrogens with one attached hydrogen (secondary N) is 1. The lowest BCUT2D eigenvalue weighted by Gasteiger charge is -2.55. The van der Waals surface area contributed by atoms with Crippen molar-refractivity contribution in [3.8, 4) is 0 Å². The van der Waals surface area contributed by atoms with E-state index >= 15 is 0 Å². The number of benzene rings is 1. The van der Waals surface area contributed by atoms with Crippen molar-refractivity contribution < 1.29 is 28.4 Å². The lowest BCUT2D eigenvalue weighted by Crippen LogP contribution is -2.81. The Kier molecular flexibility index (Phi) is 6.99. The molecule has 2 N–H and O–H groups in total. The van der Waals surface area contributed by atoms with Gasteiger partial charge in [0, 0.05) is 24.2 Å². The fourth-order valence-electron chi connectivity index (χ4n) is 3.46. The van der Waals surface area contributed by atoms with E-state index in [4.69, 9.17) is 4.74 Å². The van der Waals surface area contributed by atoms with Crippen LogP contribution in [0.4, 0.5) is 0 Å². The Morgan fingerprint density at radius 3 is 2.73 bits per heavy atom. The van der Waals surface area contributed by atoms with Crippen LogP contribution >= 0.6 is 34.9 Å². The third-order valence-corrected chi connectivity index (χ3v) is 8.88. The van der Waals surface area contributed by atoms with Gasteiger partial charge in [0.2, 0.25) is 0 Å². The standard InChI is InChI=1S/C19H16N4O6S4/c1-29-19(21-14(24)13(33-28)10-5-3-2-4-6-10)16(27)23-12(15(25)26)11(7-30-17(19)23)8-31-18-22-20-9-32-18/h2-6,9,17H,7-8H2,1H3,(H,21,24)(H,25,26)/t17-,19+/m1/s1. The summed E-state index contributed by atoms with van der Waals surface area (Å²) < 4.78 is 17.8. The molecule has 1 aromatic carbocycles. The van der Waals surface area contributed by atoms with Crippen molar-refractivity contribution in [1.82, 2.24) is 20.4 Å². The van der Waals surface area contributed by atoms with Crippen LogP contribution in [0.3, 0.4) is 0 Å². The molecule has 3 heterocycles. The van der Waals surface area contributed by atoms with Crippen LogP contribution in [0.25, 0.3) is 0 Å². The molecule has 0 radical (unpaired) electrons. The monoisotopic (exact) mass is 524 g/mol. The number of hydrogen-bond donors (Lipinski definition) is 2. The van der Waals surface area contributed by atoms with E-state index in [2.05, 4.69) is 15.5 Å². The van der Waals surface area contributed by atoms with Gasteiger partial charge in [-0.15, -0.1) is 22.0 Å². The van der Waals surface area contributed by atoms with Crippen LogP contribution in [0.15, 0.2) is 51.5 Å². The molecule has 172 valence electrons. The first-order valence-electron chi connectivity index (χ1n) is 9.32. The van der Waals surface area contributed by atoms with E-state index in [0.29, 0.717) is 27.0 Å². The Morgan fingerprint density at radius 1 is 1.36 bits per heavy atom. The molecule has 2 aliphatic rings. The highest BCUT2D eigenvalue weighted by Gasteiger charge is 2.66. The van der Waals surface area contributed by atoms with Gasteiger partial charge in [-0.3, -0.25) is 14.5 Å². The van der Waals surface area contributed by atoms with Gasteiger partial charge in [-0.05, 0) is 5.57 Å². The Morgan fingerprint density at radius 2 is 2.12 bits per heavy atom. The molecule has 1 aromatic heterocycles. The zero-order valence-electron chi connectivity index (χ0n) is 16.9. The van der Waals surface area contributed by atoms with E-state index in [1.807, 2.05) is 0 Å². The average Bonchev–Trinajstić information content (AvgIpc) is 3.35. The number of ether oxygens (including phenoxy) is 1. The number of carbonyl (C=O) groups is 3. The van der Waals surface area contributed by atoms with E-state index in [1.165, 1.54) is 42.0 Å². The molecular formula is C19H16N4O6S4. The molecular weight excluding hydrogens is 508 g/mol. The van der Waals surface area contributed by atoms with Crippen molar-refractivity contribution >= 4 is 68.8 Å². The van der Waals surface area contributed by atoms with Crippen molar-refractivity contribution in [2.75, 3.05) is 18.6 Å². The molecule has 1 fully saturated rings. The van der Waals surface area contributed by atoms with E-state index in [1.54, 1.807) is 35.8 Å². The SMILES string of the molecule is CO[C@@]1(NC(=O)C(=S=O)c2ccccc2)C(=O)N2C(C(=O)O)=C(CSc3nncs3)CS[C@@H]21. The van der Waals surface area contributed by atoms with Gasteiger partial charge in [-0.2, -0.15) is 0 Å². The second kappa shape index (κ2) is 9.77. The predicted molar refractivity (Wildman–Crippen MR) is 125 cm³/mol.